The fraction of sp³-hybridized carbons (Fsp3) is 0.208. The van der Waals surface area contributed by atoms with Gasteiger partial charge in [0.25, 0.3) is 0 Å². The third-order valence-corrected chi connectivity index (χ3v) is 7.16. The minimum absolute atomic E-state index is 0.148. The number of carbonyl (C=O) groups excluding carboxylic acids is 1. The average molecular weight is 437 g/mol. The van der Waals surface area contributed by atoms with Crippen LogP contribution in [0.25, 0.3) is 0 Å². The highest BCUT2D eigenvalue weighted by atomic mass is 32.2. The number of hydrogen-bond donors (Lipinski definition) is 1. The Balaban J connectivity index is 1.65. The highest BCUT2D eigenvalue weighted by molar-refractivity contribution is 7.89. The Morgan fingerprint density at radius 1 is 0.968 bits per heavy atom. The number of rotatable bonds is 6. The first kappa shape index (κ1) is 21.1. The maximum atomic E-state index is 13.4. The number of amides is 1. The Bertz CT molecular complexity index is 1160. The van der Waals surface area contributed by atoms with E-state index in [9.17, 15) is 13.2 Å². The molecule has 31 heavy (non-hydrogen) atoms. The molecule has 0 aliphatic carbocycles. The molecule has 1 heterocycles. The molecule has 1 amide bonds. The van der Waals surface area contributed by atoms with Crippen LogP contribution in [0.15, 0.2) is 83.8 Å². The van der Waals surface area contributed by atoms with Crippen LogP contribution in [0.5, 0.6) is 5.75 Å². The van der Waals surface area contributed by atoms with Crippen molar-refractivity contribution in [1.29, 1.82) is 0 Å². The molecule has 0 spiro atoms. The smallest absolute Gasteiger partial charge is 0.244 e. The lowest BCUT2D eigenvalue weighted by Crippen LogP contribution is -2.50. The van der Waals surface area contributed by atoms with E-state index in [0.29, 0.717) is 24.5 Å². The molecule has 6 nitrogen and oxygen atoms in total. The molecule has 3 aromatic rings. The van der Waals surface area contributed by atoms with Crippen LogP contribution in [-0.2, 0) is 27.8 Å². The highest BCUT2D eigenvalue weighted by Crippen LogP contribution is 2.30. The predicted molar refractivity (Wildman–Crippen MR) is 119 cm³/mol. The molecule has 0 saturated carbocycles. The molecule has 0 fully saturated rings. The zero-order valence-corrected chi connectivity index (χ0v) is 18.0. The monoisotopic (exact) mass is 436 g/mol. The second-order valence-electron chi connectivity index (χ2n) is 7.30. The lowest BCUT2D eigenvalue weighted by molar-refractivity contribution is -0.120. The quantitative estimate of drug-likeness (QED) is 0.637. The van der Waals surface area contributed by atoms with Crippen molar-refractivity contribution in [3.05, 3.63) is 90.0 Å². The van der Waals surface area contributed by atoms with E-state index in [1.54, 1.807) is 54.6 Å². The van der Waals surface area contributed by atoms with Gasteiger partial charge in [-0.1, -0.05) is 42.5 Å². The number of fused-ring (bicyclic) bond motifs is 1. The van der Waals surface area contributed by atoms with E-state index >= 15 is 0 Å². The first-order valence-corrected chi connectivity index (χ1v) is 11.6. The van der Waals surface area contributed by atoms with Crippen molar-refractivity contribution >= 4 is 21.6 Å². The molecule has 1 unspecified atom stereocenters. The maximum absolute atomic E-state index is 13.4. The van der Waals surface area contributed by atoms with Crippen molar-refractivity contribution in [2.45, 2.75) is 30.8 Å². The number of nitrogens with one attached hydrogen (secondary N) is 1. The molecule has 1 aliphatic heterocycles. The summed E-state index contributed by atoms with van der Waals surface area (Å²) in [5.41, 5.74) is 2.48. The molecule has 0 bridgehead atoms. The molecular weight excluding hydrogens is 412 g/mol. The van der Waals surface area contributed by atoms with Crippen molar-refractivity contribution in [1.82, 2.24) is 4.31 Å². The summed E-state index contributed by atoms with van der Waals surface area (Å²) in [5, 5.41) is 2.86. The lowest BCUT2D eigenvalue weighted by atomic mass is 9.95. The summed E-state index contributed by atoms with van der Waals surface area (Å²) in [6.45, 7) is 2.60. The van der Waals surface area contributed by atoms with Gasteiger partial charge in [0.2, 0.25) is 15.9 Å². The molecule has 0 aromatic heterocycles. The van der Waals surface area contributed by atoms with Crippen LogP contribution in [0.4, 0.5) is 5.69 Å². The van der Waals surface area contributed by atoms with Crippen LogP contribution < -0.4 is 10.1 Å². The van der Waals surface area contributed by atoms with Crippen molar-refractivity contribution in [3.8, 4) is 5.75 Å². The largest absolute Gasteiger partial charge is 0.494 e. The molecule has 0 saturated heterocycles. The molecular formula is C24H24N2O4S. The van der Waals surface area contributed by atoms with Gasteiger partial charge in [-0.2, -0.15) is 4.31 Å². The van der Waals surface area contributed by atoms with E-state index in [1.807, 2.05) is 31.2 Å². The second kappa shape index (κ2) is 8.91. The van der Waals surface area contributed by atoms with Crippen LogP contribution >= 0.6 is 0 Å². The van der Waals surface area contributed by atoms with Crippen molar-refractivity contribution in [2.75, 3.05) is 11.9 Å². The second-order valence-corrected chi connectivity index (χ2v) is 9.19. The molecule has 1 aliphatic rings. The van der Waals surface area contributed by atoms with Gasteiger partial charge in [-0.3, -0.25) is 4.79 Å². The van der Waals surface area contributed by atoms with Crippen molar-refractivity contribution in [3.63, 3.8) is 0 Å². The predicted octanol–water partition coefficient (Wildman–Crippen LogP) is 3.84. The van der Waals surface area contributed by atoms with Gasteiger partial charge in [0.05, 0.1) is 11.5 Å². The van der Waals surface area contributed by atoms with Crippen LogP contribution in [0.3, 0.4) is 0 Å². The van der Waals surface area contributed by atoms with Gasteiger partial charge in [0, 0.05) is 12.2 Å². The van der Waals surface area contributed by atoms with Gasteiger partial charge in [0.15, 0.2) is 0 Å². The number of sulfonamides is 1. The number of nitrogens with zero attached hydrogens (tertiary/aromatic N) is 1. The summed E-state index contributed by atoms with van der Waals surface area (Å²) in [4.78, 5) is 13.4. The van der Waals surface area contributed by atoms with E-state index in [-0.39, 0.29) is 17.3 Å². The van der Waals surface area contributed by atoms with E-state index in [4.69, 9.17) is 4.74 Å². The minimum atomic E-state index is -3.85. The highest BCUT2D eigenvalue weighted by Gasteiger charge is 2.39. The summed E-state index contributed by atoms with van der Waals surface area (Å²) in [7, 11) is -3.85. The Hall–Kier alpha value is -3.16. The normalized spacial score (nSPS) is 16.4. The van der Waals surface area contributed by atoms with Crippen LogP contribution in [0.1, 0.15) is 18.1 Å². The van der Waals surface area contributed by atoms with Gasteiger partial charge >= 0.3 is 0 Å². The topological polar surface area (TPSA) is 75.7 Å². The molecule has 160 valence electrons. The Morgan fingerprint density at radius 3 is 2.29 bits per heavy atom. The Morgan fingerprint density at radius 2 is 1.61 bits per heavy atom. The standard InChI is InChI=1S/C24H24N2O4S/c1-2-30-21-14-12-20(13-15-21)25-24(27)23-16-18-8-6-7-9-19(18)17-26(23)31(28,29)22-10-4-3-5-11-22/h3-15,23H,2,16-17H2,1H3,(H,25,27). The minimum Gasteiger partial charge on any atom is -0.494 e. The zero-order valence-electron chi connectivity index (χ0n) is 17.2. The molecule has 4 rings (SSSR count). The van der Waals surface area contributed by atoms with Crippen molar-refractivity contribution < 1.29 is 17.9 Å². The van der Waals surface area contributed by atoms with Gasteiger partial charge in [-0.15, -0.1) is 0 Å². The summed E-state index contributed by atoms with van der Waals surface area (Å²) in [6.07, 6.45) is 0.311. The average Bonchev–Trinajstić information content (AvgIpc) is 2.80. The summed E-state index contributed by atoms with van der Waals surface area (Å²) < 4.78 is 33.6. The molecule has 0 radical (unpaired) electrons. The van der Waals surface area contributed by atoms with E-state index in [0.717, 1.165) is 11.1 Å². The lowest BCUT2D eigenvalue weighted by Gasteiger charge is -2.35. The fourth-order valence-electron chi connectivity index (χ4n) is 3.73. The molecule has 7 heteroatoms. The molecule has 1 N–H and O–H groups in total. The van der Waals surface area contributed by atoms with Crippen LogP contribution in [0, 0.1) is 0 Å². The summed E-state index contributed by atoms with van der Waals surface area (Å²) in [5.74, 6) is 0.346. The first-order chi connectivity index (χ1) is 15.0. The first-order valence-electron chi connectivity index (χ1n) is 10.2. The number of carbonyl (C=O) groups is 1. The van der Waals surface area contributed by atoms with Gasteiger partial charge in [-0.25, -0.2) is 8.42 Å². The third-order valence-electron chi connectivity index (χ3n) is 5.29. The van der Waals surface area contributed by atoms with Crippen molar-refractivity contribution in [2.24, 2.45) is 0 Å². The van der Waals surface area contributed by atoms with E-state index in [2.05, 4.69) is 5.32 Å². The van der Waals surface area contributed by atoms with Gasteiger partial charge < -0.3 is 10.1 Å². The van der Waals surface area contributed by atoms with Gasteiger partial charge in [0.1, 0.15) is 11.8 Å². The number of ether oxygens (including phenoxy) is 1. The Labute approximate surface area is 182 Å². The molecule has 3 aromatic carbocycles. The van der Waals surface area contributed by atoms with E-state index in [1.165, 1.54) is 4.31 Å². The van der Waals surface area contributed by atoms with Crippen LogP contribution in [-0.4, -0.2) is 31.3 Å². The number of hydrogen-bond acceptors (Lipinski definition) is 4. The Kier molecular flexibility index (Phi) is 6.06. The SMILES string of the molecule is CCOc1ccc(NC(=O)C2Cc3ccccc3CN2S(=O)(=O)c2ccccc2)cc1. The fourth-order valence-corrected chi connectivity index (χ4v) is 5.32. The summed E-state index contributed by atoms with van der Waals surface area (Å²) in [6, 6.07) is 22.0. The van der Waals surface area contributed by atoms with Crippen LogP contribution in [0.2, 0.25) is 0 Å². The zero-order chi connectivity index (χ0) is 21.8. The number of benzene rings is 3. The summed E-state index contributed by atoms with van der Waals surface area (Å²) >= 11 is 0. The van der Waals surface area contributed by atoms with Gasteiger partial charge in [-0.05, 0) is 60.9 Å². The third kappa shape index (κ3) is 4.47. The maximum Gasteiger partial charge on any atom is 0.244 e. The molecule has 1 atom stereocenters. The van der Waals surface area contributed by atoms with E-state index < -0.39 is 16.1 Å². The number of anilines is 1.